The minimum atomic E-state index is -4.50. The number of carbonyl (C=O) groups is 2. The molecule has 5 rings (SSSR count). The van der Waals surface area contributed by atoms with Gasteiger partial charge < -0.3 is 10.0 Å². The number of carbonyl (C=O) groups excluding carboxylic acids is 1. The lowest BCUT2D eigenvalue weighted by molar-refractivity contribution is -0.138. The largest absolute Gasteiger partial charge is 0.478 e. The fourth-order valence-corrected chi connectivity index (χ4v) is 4.93. The molecular weight excluding hydrogens is 419 g/mol. The van der Waals surface area contributed by atoms with E-state index in [9.17, 15) is 27.9 Å². The van der Waals surface area contributed by atoms with Gasteiger partial charge in [0.1, 0.15) is 0 Å². The van der Waals surface area contributed by atoms with Crippen molar-refractivity contribution in [3.8, 4) is 0 Å². The monoisotopic (exact) mass is 437 g/mol. The third-order valence-corrected chi connectivity index (χ3v) is 6.42. The van der Waals surface area contributed by atoms with Gasteiger partial charge in [-0.1, -0.05) is 48.5 Å². The van der Waals surface area contributed by atoms with Crippen LogP contribution in [-0.2, 0) is 22.9 Å². The maximum absolute atomic E-state index is 13.6. The predicted molar refractivity (Wildman–Crippen MR) is 112 cm³/mol. The van der Waals surface area contributed by atoms with E-state index in [0.717, 1.165) is 11.6 Å². The number of benzene rings is 3. The van der Waals surface area contributed by atoms with Crippen molar-refractivity contribution in [3.05, 3.63) is 101 Å². The van der Waals surface area contributed by atoms with Crippen LogP contribution in [0.1, 0.15) is 45.0 Å². The molecule has 1 N–H and O–H groups in total. The highest BCUT2D eigenvalue weighted by Gasteiger charge is 2.67. The molecule has 3 aromatic carbocycles. The third kappa shape index (κ3) is 2.99. The number of alkyl halides is 3. The second-order valence-corrected chi connectivity index (χ2v) is 8.23. The summed E-state index contributed by atoms with van der Waals surface area (Å²) in [7, 11) is 0. The molecule has 32 heavy (non-hydrogen) atoms. The van der Waals surface area contributed by atoms with Gasteiger partial charge in [0.05, 0.1) is 23.1 Å². The number of fused-ring (bicyclic) bond motifs is 2. The van der Waals surface area contributed by atoms with Crippen molar-refractivity contribution >= 4 is 17.6 Å². The van der Waals surface area contributed by atoms with Crippen molar-refractivity contribution < 1.29 is 27.9 Å². The Balaban J connectivity index is 1.54. The van der Waals surface area contributed by atoms with Crippen molar-refractivity contribution in [2.75, 3.05) is 4.90 Å². The van der Waals surface area contributed by atoms with E-state index < -0.39 is 29.0 Å². The molecule has 162 valence electrons. The lowest BCUT2D eigenvalue weighted by atomic mass is 9.90. The first-order valence-corrected chi connectivity index (χ1v) is 10.1. The van der Waals surface area contributed by atoms with E-state index in [1.165, 1.54) is 24.3 Å². The van der Waals surface area contributed by atoms with Gasteiger partial charge in [0.2, 0.25) is 5.91 Å². The number of rotatable bonds is 4. The van der Waals surface area contributed by atoms with Crippen molar-refractivity contribution in [2.24, 2.45) is 0 Å². The summed E-state index contributed by atoms with van der Waals surface area (Å²) in [6.07, 6.45) is -4.19. The van der Waals surface area contributed by atoms with Gasteiger partial charge in [0.25, 0.3) is 0 Å². The minimum Gasteiger partial charge on any atom is -0.478 e. The molecule has 0 radical (unpaired) electrons. The smallest absolute Gasteiger partial charge is 0.416 e. The first-order chi connectivity index (χ1) is 15.2. The normalized spacial score (nSPS) is 21.7. The number of halogens is 3. The zero-order chi connectivity index (χ0) is 22.7. The third-order valence-electron chi connectivity index (χ3n) is 6.42. The lowest BCUT2D eigenvalue weighted by Crippen LogP contribution is -2.32. The van der Waals surface area contributed by atoms with Gasteiger partial charge in [0.15, 0.2) is 0 Å². The molecule has 1 aliphatic heterocycles. The van der Waals surface area contributed by atoms with E-state index in [1.54, 1.807) is 47.4 Å². The molecule has 0 bridgehead atoms. The van der Waals surface area contributed by atoms with Crippen LogP contribution in [0.15, 0.2) is 72.8 Å². The van der Waals surface area contributed by atoms with Gasteiger partial charge >= 0.3 is 12.1 Å². The van der Waals surface area contributed by atoms with Crippen LogP contribution in [0, 0.1) is 0 Å². The molecule has 1 aliphatic carbocycles. The maximum Gasteiger partial charge on any atom is 0.416 e. The molecule has 1 heterocycles. The van der Waals surface area contributed by atoms with Crippen molar-refractivity contribution in [3.63, 3.8) is 0 Å². The first-order valence-electron chi connectivity index (χ1n) is 10.1. The molecule has 2 aliphatic rings. The summed E-state index contributed by atoms with van der Waals surface area (Å²) in [5, 5.41) is 9.25. The summed E-state index contributed by atoms with van der Waals surface area (Å²) in [5.74, 6) is -1.88. The Hall–Kier alpha value is -3.61. The second kappa shape index (κ2) is 6.95. The molecule has 1 saturated carbocycles. The van der Waals surface area contributed by atoms with E-state index >= 15 is 0 Å². The summed E-state index contributed by atoms with van der Waals surface area (Å²) in [4.78, 5) is 26.5. The quantitative estimate of drug-likeness (QED) is 0.597. The Morgan fingerprint density at radius 3 is 2.50 bits per heavy atom. The average Bonchev–Trinajstić information content (AvgIpc) is 3.48. The van der Waals surface area contributed by atoms with Crippen molar-refractivity contribution in [1.29, 1.82) is 0 Å². The highest BCUT2D eigenvalue weighted by Crippen LogP contribution is 2.67. The molecule has 1 fully saturated rings. The molecule has 2 unspecified atom stereocenters. The Morgan fingerprint density at radius 1 is 1.03 bits per heavy atom. The number of carboxylic acids is 1. The fraction of sp³-hybridized carbons (Fsp3) is 0.200. The van der Waals surface area contributed by atoms with Crippen LogP contribution in [0.3, 0.4) is 0 Å². The van der Waals surface area contributed by atoms with Crippen molar-refractivity contribution in [2.45, 2.75) is 30.5 Å². The molecule has 0 saturated heterocycles. The molecular formula is C25H18F3NO3. The Kier molecular flexibility index (Phi) is 4.41. The molecule has 3 aromatic rings. The number of nitrogens with zero attached hydrogens (tertiary/aromatic N) is 1. The van der Waals surface area contributed by atoms with E-state index in [4.69, 9.17) is 0 Å². The van der Waals surface area contributed by atoms with Crippen LogP contribution in [0.25, 0.3) is 0 Å². The fourth-order valence-electron chi connectivity index (χ4n) is 4.93. The highest BCUT2D eigenvalue weighted by atomic mass is 19.4. The maximum atomic E-state index is 13.6. The number of para-hydroxylation sites is 1. The standard InChI is InChI=1S/C25H18F3NO3/c26-25(27,28)18-9-2-1-8-17(18)20-13-24(20)19-10-3-4-11-21(19)29(23(24)32)14-15-6-5-7-16(12-15)22(30)31/h1-12,20H,13-14H2,(H,30,31). The number of carboxylic acid groups (broad SMARTS) is 1. The molecule has 0 aromatic heterocycles. The summed E-state index contributed by atoms with van der Waals surface area (Å²) in [6.45, 7) is 0.145. The zero-order valence-corrected chi connectivity index (χ0v) is 16.8. The second-order valence-electron chi connectivity index (χ2n) is 8.23. The first kappa shape index (κ1) is 20.3. The van der Waals surface area contributed by atoms with Crippen LogP contribution in [0.4, 0.5) is 18.9 Å². The predicted octanol–water partition coefficient (Wildman–Crippen LogP) is 5.38. The minimum absolute atomic E-state index is 0.112. The average molecular weight is 437 g/mol. The SMILES string of the molecule is O=C(O)c1cccc(CN2C(=O)C3(CC3c3ccccc3C(F)(F)F)c3ccccc32)c1. The van der Waals surface area contributed by atoms with Gasteiger partial charge in [-0.25, -0.2) is 4.79 Å². The molecule has 1 spiro atoms. The molecule has 4 nitrogen and oxygen atoms in total. The number of anilines is 1. The summed E-state index contributed by atoms with van der Waals surface area (Å²) in [6, 6.07) is 18.9. The molecule has 1 amide bonds. The highest BCUT2D eigenvalue weighted by molar-refractivity contribution is 6.11. The number of hydrogen-bond acceptors (Lipinski definition) is 2. The van der Waals surface area contributed by atoms with E-state index in [2.05, 4.69) is 0 Å². The topological polar surface area (TPSA) is 57.6 Å². The lowest BCUT2D eigenvalue weighted by Gasteiger charge is -2.19. The number of aromatic carboxylic acids is 1. The van der Waals surface area contributed by atoms with Crippen LogP contribution in [0.2, 0.25) is 0 Å². The van der Waals surface area contributed by atoms with E-state index in [1.807, 2.05) is 0 Å². The van der Waals surface area contributed by atoms with Crippen LogP contribution >= 0.6 is 0 Å². The Labute approximate surface area is 181 Å². The van der Waals surface area contributed by atoms with Crippen LogP contribution < -0.4 is 4.90 Å². The van der Waals surface area contributed by atoms with Crippen molar-refractivity contribution in [1.82, 2.24) is 0 Å². The van der Waals surface area contributed by atoms with Gasteiger partial charge in [0, 0.05) is 11.6 Å². The van der Waals surface area contributed by atoms with E-state index in [0.29, 0.717) is 17.7 Å². The number of amides is 1. The number of hydrogen-bond donors (Lipinski definition) is 1. The van der Waals surface area contributed by atoms with E-state index in [-0.39, 0.29) is 23.6 Å². The van der Waals surface area contributed by atoms with Gasteiger partial charge in [-0.15, -0.1) is 0 Å². The summed E-state index contributed by atoms with van der Waals surface area (Å²) < 4.78 is 40.9. The zero-order valence-electron chi connectivity index (χ0n) is 16.8. The Bertz CT molecular complexity index is 1250. The molecule has 7 heteroatoms. The van der Waals surface area contributed by atoms with Crippen LogP contribution in [-0.4, -0.2) is 17.0 Å². The summed E-state index contributed by atoms with van der Waals surface area (Å²) >= 11 is 0. The van der Waals surface area contributed by atoms with Crippen LogP contribution in [0.5, 0.6) is 0 Å². The molecule has 2 atom stereocenters. The Morgan fingerprint density at radius 2 is 1.75 bits per heavy atom. The van der Waals surface area contributed by atoms with Gasteiger partial charge in [-0.3, -0.25) is 4.79 Å². The van der Waals surface area contributed by atoms with Gasteiger partial charge in [-0.05, 0) is 47.4 Å². The summed E-state index contributed by atoms with van der Waals surface area (Å²) in [5.41, 5.74) is 0.533. The van der Waals surface area contributed by atoms with Gasteiger partial charge in [-0.2, -0.15) is 13.2 Å².